The first kappa shape index (κ1) is 65.6. The zero-order chi connectivity index (χ0) is 60.8. The van der Waals surface area contributed by atoms with Gasteiger partial charge in [0, 0.05) is 39.4 Å². The number of nitrogens with two attached hydrogens (primary N) is 3. The molecule has 2 fully saturated rings. The number of aliphatic hydroxyl groups excluding tert-OH is 1. The lowest BCUT2D eigenvalue weighted by Gasteiger charge is -2.33. The van der Waals surface area contributed by atoms with E-state index in [2.05, 4.69) is 42.2 Å². The lowest BCUT2D eigenvalue weighted by atomic mass is 9.91. The summed E-state index contributed by atoms with van der Waals surface area (Å²) in [4.78, 5) is 144. The number of unbranched alkanes of at least 4 members (excludes halogenated alkanes) is 1. The fourth-order valence-corrected chi connectivity index (χ4v) is 10.4. The zero-order valence-corrected chi connectivity index (χ0v) is 47.8. The molecule has 452 valence electrons. The number of carboxylic acids is 1. The lowest BCUT2D eigenvalue weighted by molar-refractivity contribution is -0.148. The van der Waals surface area contributed by atoms with Crippen LogP contribution in [0, 0.1) is 5.92 Å². The van der Waals surface area contributed by atoms with E-state index in [1.165, 1.54) is 23.6 Å². The number of fused-ring (bicyclic) bond motifs is 1. The molecule has 0 aromatic heterocycles. The van der Waals surface area contributed by atoms with Gasteiger partial charge in [-0.05, 0) is 99.1 Å². The highest BCUT2D eigenvalue weighted by atomic mass is 16.4. The molecular weight excluding hydrogens is 1070 g/mol. The molecule has 2 heterocycles. The highest BCUT2D eigenvalue weighted by molar-refractivity contribution is 5.99. The van der Waals surface area contributed by atoms with Crippen molar-refractivity contribution in [2.75, 3.05) is 39.3 Å². The summed E-state index contributed by atoms with van der Waals surface area (Å²) in [6.45, 7) is 5.41. The van der Waals surface area contributed by atoms with Crippen molar-refractivity contribution < 1.29 is 58.2 Å². The Bertz CT molecular complexity index is 2800. The number of carboxylic acid groups (broad SMARTS) is 1. The second kappa shape index (κ2) is 31.9. The van der Waals surface area contributed by atoms with Gasteiger partial charge in [0.25, 0.3) is 0 Å². The summed E-state index contributed by atoms with van der Waals surface area (Å²) >= 11 is 0. The molecule has 2 aliphatic rings. The maximum atomic E-state index is 14.4. The van der Waals surface area contributed by atoms with Crippen LogP contribution in [0.25, 0.3) is 10.8 Å². The molecule has 2 saturated heterocycles. The van der Waals surface area contributed by atoms with Crippen molar-refractivity contribution >= 4 is 75.9 Å². The minimum absolute atomic E-state index is 0.0918. The van der Waals surface area contributed by atoms with Crippen LogP contribution in [0.2, 0.25) is 0 Å². The summed E-state index contributed by atoms with van der Waals surface area (Å²) in [5.74, 6) is -8.15. The Balaban J connectivity index is 1.28. The molecular formula is C58H83N13O12. The molecule has 25 nitrogen and oxygen atoms in total. The fourth-order valence-electron chi connectivity index (χ4n) is 10.4. The van der Waals surface area contributed by atoms with Gasteiger partial charge in [-0.15, -0.1) is 0 Å². The number of nitrogens with one attached hydrogen (secondary N) is 7. The number of benzene rings is 3. The topological polar surface area (TPSA) is 392 Å². The van der Waals surface area contributed by atoms with Gasteiger partial charge in [-0.25, -0.2) is 4.79 Å². The van der Waals surface area contributed by atoms with E-state index < -0.39 is 126 Å². The van der Waals surface area contributed by atoms with Gasteiger partial charge in [-0.2, -0.15) is 0 Å². The number of carbonyl (C=O) groups is 10. The Morgan fingerprint density at radius 1 is 0.723 bits per heavy atom. The first-order valence-corrected chi connectivity index (χ1v) is 28.4. The summed E-state index contributed by atoms with van der Waals surface area (Å²) in [7, 11) is 0. The van der Waals surface area contributed by atoms with Crippen LogP contribution in [-0.2, 0) is 60.8 Å². The zero-order valence-electron chi connectivity index (χ0n) is 47.8. The van der Waals surface area contributed by atoms with Crippen LogP contribution < -0.4 is 54.4 Å². The molecule has 0 bridgehead atoms. The van der Waals surface area contributed by atoms with Crippen molar-refractivity contribution in [1.82, 2.24) is 47.0 Å². The summed E-state index contributed by atoms with van der Waals surface area (Å²) < 4.78 is 0. The quantitative estimate of drug-likeness (QED) is 0.0216. The minimum Gasteiger partial charge on any atom is -0.480 e. The predicted octanol–water partition coefficient (Wildman–Crippen LogP) is -0.652. The summed E-state index contributed by atoms with van der Waals surface area (Å²) in [5.41, 5.74) is 16.1. The third-order valence-electron chi connectivity index (χ3n) is 15.1. The Hall–Kier alpha value is -8.19. The number of aliphatic hydroxyl groups is 1. The van der Waals surface area contributed by atoms with Crippen molar-refractivity contribution in [3.05, 3.63) is 83.9 Å². The van der Waals surface area contributed by atoms with E-state index in [0.29, 0.717) is 49.8 Å². The van der Waals surface area contributed by atoms with E-state index in [1.54, 1.807) is 50.2 Å². The SMILES string of the molecule is CC[C@H](C)[C@H](NC(=O)[C@H](Cc1ccc2ccccc2c1)NC(=O)[C@H](CO)NC(=O)[C@](C)(Cc1ccccc1)NC(=O)CNC(=O)[C@@H]1CCCN1C(=O)[C@@H]1CCCN1C(=O)[C@H](CCCN=C(N)N)NC(=O)[C@H](CCCCN)NC(C)=O)C(=O)O. The maximum Gasteiger partial charge on any atom is 0.326 e. The van der Waals surface area contributed by atoms with Crippen LogP contribution in [0.4, 0.5) is 0 Å². The van der Waals surface area contributed by atoms with E-state index >= 15 is 0 Å². The van der Waals surface area contributed by atoms with Gasteiger partial charge in [0.15, 0.2) is 5.96 Å². The maximum absolute atomic E-state index is 14.4. The van der Waals surface area contributed by atoms with Crippen molar-refractivity contribution in [2.45, 2.75) is 153 Å². The lowest BCUT2D eigenvalue weighted by Crippen LogP contribution is -2.64. The Kier molecular flexibility index (Phi) is 25.2. The van der Waals surface area contributed by atoms with Crippen molar-refractivity contribution in [1.29, 1.82) is 0 Å². The number of carbonyl (C=O) groups excluding carboxylic acids is 9. The third kappa shape index (κ3) is 19.2. The van der Waals surface area contributed by atoms with Crippen LogP contribution >= 0.6 is 0 Å². The predicted molar refractivity (Wildman–Crippen MR) is 309 cm³/mol. The molecule has 2 aliphatic heterocycles. The second-order valence-corrected chi connectivity index (χ2v) is 21.6. The smallest absolute Gasteiger partial charge is 0.326 e. The largest absolute Gasteiger partial charge is 0.480 e. The number of aliphatic imine (C=N–C) groups is 1. The summed E-state index contributed by atoms with van der Waals surface area (Å²) in [6.07, 6.45) is 3.38. The van der Waals surface area contributed by atoms with Crippen LogP contribution in [0.1, 0.15) is 103 Å². The van der Waals surface area contributed by atoms with Gasteiger partial charge in [0.1, 0.15) is 47.8 Å². The van der Waals surface area contributed by atoms with E-state index in [4.69, 9.17) is 17.2 Å². The average molecular weight is 1150 g/mol. The van der Waals surface area contributed by atoms with Crippen LogP contribution in [0.3, 0.4) is 0 Å². The molecule has 0 saturated carbocycles. The number of rotatable bonds is 31. The molecule has 83 heavy (non-hydrogen) atoms. The molecule has 0 unspecified atom stereocenters. The van der Waals surface area contributed by atoms with Gasteiger partial charge >= 0.3 is 5.97 Å². The van der Waals surface area contributed by atoms with Crippen molar-refractivity contribution in [2.24, 2.45) is 28.1 Å². The summed E-state index contributed by atoms with van der Waals surface area (Å²) in [6, 6.07) is 13.1. The van der Waals surface area contributed by atoms with Crippen LogP contribution in [0.5, 0.6) is 0 Å². The van der Waals surface area contributed by atoms with Crippen molar-refractivity contribution in [3.8, 4) is 0 Å². The number of amides is 9. The molecule has 25 heteroatoms. The van der Waals surface area contributed by atoms with Gasteiger partial charge in [0.2, 0.25) is 53.2 Å². The molecule has 3 aromatic carbocycles. The number of likely N-dealkylation sites (tertiary alicyclic amines) is 2. The minimum atomic E-state index is -1.84. The number of aliphatic carboxylic acids is 1. The van der Waals surface area contributed by atoms with Gasteiger partial charge in [-0.1, -0.05) is 93.1 Å². The first-order valence-electron chi connectivity index (χ1n) is 28.4. The van der Waals surface area contributed by atoms with Crippen LogP contribution in [-0.4, -0.2) is 172 Å². The van der Waals surface area contributed by atoms with Crippen molar-refractivity contribution in [3.63, 3.8) is 0 Å². The molecule has 0 aliphatic carbocycles. The normalized spacial score (nSPS) is 17.7. The average Bonchev–Trinajstić information content (AvgIpc) is 4.39. The number of hydrogen-bond donors (Lipinski definition) is 12. The molecule has 0 radical (unpaired) electrons. The fraction of sp³-hybridized carbons (Fsp3) is 0.534. The Morgan fingerprint density at radius 3 is 2.00 bits per heavy atom. The molecule has 9 amide bonds. The monoisotopic (exact) mass is 1150 g/mol. The molecule has 3 aromatic rings. The molecule has 5 rings (SSSR count). The van der Waals surface area contributed by atoms with Crippen LogP contribution in [0.15, 0.2) is 77.8 Å². The Labute approximate surface area is 483 Å². The van der Waals surface area contributed by atoms with E-state index in [9.17, 15) is 58.2 Å². The van der Waals surface area contributed by atoms with E-state index in [0.717, 1.165) is 10.8 Å². The number of guanidine groups is 1. The number of nitrogens with zero attached hydrogens (tertiary/aromatic N) is 3. The number of hydrogen-bond acceptors (Lipinski definition) is 13. The Morgan fingerprint density at radius 2 is 1.35 bits per heavy atom. The van der Waals surface area contributed by atoms with E-state index in [-0.39, 0.29) is 70.5 Å². The van der Waals surface area contributed by atoms with Gasteiger partial charge in [0.05, 0.1) is 13.2 Å². The standard InChI is InChI=1S/C58H83N13O12/c1-5-35(2)48(55(81)82)68-50(76)43(31-38-24-25-39-18-9-10-19-40(39)30-38)66-51(77)44(34-72)67-56(83)58(4,32-37-16-7-6-8-17-37)69-47(74)33-63-52(78)45-22-14-28-70(45)54(80)46-23-15-29-71(46)53(79)42(21-13-27-62-57(60)61)65-49(75)41(64-36(3)73)20-11-12-26-59/h6-10,16-19,24-25,30,35,41-46,48,72H,5,11-15,20-23,26-29,31-34,59H2,1-4H3,(H,63,78)(H,64,73)(H,65,75)(H,66,77)(H,67,83)(H,68,76)(H,69,74)(H,81,82)(H4,60,61,62)/t35-,41-,42-,43-,44-,45-,46-,48-,58-/m0/s1. The van der Waals surface area contributed by atoms with Gasteiger partial charge < -0.3 is 74.4 Å². The summed E-state index contributed by atoms with van der Waals surface area (Å²) in [5, 5.41) is 40.7. The van der Waals surface area contributed by atoms with E-state index in [1.807, 2.05) is 36.4 Å². The molecule has 9 atom stereocenters. The second-order valence-electron chi connectivity index (χ2n) is 21.6. The van der Waals surface area contributed by atoms with Gasteiger partial charge in [-0.3, -0.25) is 48.1 Å². The highest BCUT2D eigenvalue weighted by Crippen LogP contribution is 2.27. The molecule has 0 spiro atoms. The highest BCUT2D eigenvalue weighted by Gasteiger charge is 2.45. The third-order valence-corrected chi connectivity index (χ3v) is 15.1. The molecule has 15 N–H and O–H groups in total. The first-order chi connectivity index (χ1) is 39.6.